The van der Waals surface area contributed by atoms with Crippen molar-refractivity contribution in [3.8, 4) is 0 Å². The second-order valence-corrected chi connectivity index (χ2v) is 8.38. The van der Waals surface area contributed by atoms with Crippen LogP contribution < -0.4 is 28.7 Å². The van der Waals surface area contributed by atoms with Crippen LogP contribution in [0.15, 0.2) is 0 Å². The molecule has 2 saturated heterocycles. The van der Waals surface area contributed by atoms with E-state index in [1.165, 1.54) is 0 Å². The Labute approximate surface area is 188 Å². The second kappa shape index (κ2) is 18.1. The van der Waals surface area contributed by atoms with E-state index in [1.54, 1.807) is 0 Å². The minimum absolute atomic E-state index is 0.121. The lowest BCUT2D eigenvalue weighted by Crippen LogP contribution is -2.52. The van der Waals surface area contributed by atoms with Gasteiger partial charge in [0, 0.05) is 13.1 Å². The predicted octanol–water partition coefficient (Wildman–Crippen LogP) is -0.859. The highest BCUT2D eigenvalue weighted by molar-refractivity contribution is 4.84. The van der Waals surface area contributed by atoms with Crippen molar-refractivity contribution in [2.24, 2.45) is 34.1 Å². The molecule has 10 N–H and O–H groups in total. The smallest absolute Gasteiger partial charge is 0.157 e. The predicted molar refractivity (Wildman–Crippen MR) is 123 cm³/mol. The van der Waals surface area contributed by atoms with Crippen LogP contribution >= 0.6 is 0 Å². The van der Waals surface area contributed by atoms with Gasteiger partial charge in [0.25, 0.3) is 0 Å². The second-order valence-electron chi connectivity index (χ2n) is 8.38. The summed E-state index contributed by atoms with van der Waals surface area (Å²) in [5, 5.41) is 0. The van der Waals surface area contributed by atoms with Gasteiger partial charge in [-0.3, -0.25) is 0 Å². The normalized spacial score (nSPS) is 26.1. The first-order valence-electron chi connectivity index (χ1n) is 11.8. The zero-order valence-electron chi connectivity index (χ0n) is 19.3. The van der Waals surface area contributed by atoms with Crippen LogP contribution in [0.5, 0.6) is 0 Å². The van der Waals surface area contributed by atoms with E-state index in [4.69, 9.17) is 47.6 Å². The van der Waals surface area contributed by atoms with Gasteiger partial charge in [-0.05, 0) is 77.8 Å². The summed E-state index contributed by atoms with van der Waals surface area (Å²) in [6.45, 7) is 9.14. The third kappa shape index (κ3) is 12.4. The van der Waals surface area contributed by atoms with Crippen LogP contribution in [0, 0.1) is 5.41 Å². The van der Waals surface area contributed by atoms with E-state index >= 15 is 0 Å². The Morgan fingerprint density at radius 3 is 1.26 bits per heavy atom. The van der Waals surface area contributed by atoms with E-state index in [1.807, 2.05) is 0 Å². The molecule has 0 aliphatic carbocycles. The Bertz CT molecular complexity index is 368. The lowest BCUT2D eigenvalue weighted by molar-refractivity contribution is -0.304. The van der Waals surface area contributed by atoms with E-state index in [9.17, 15) is 0 Å². The molecule has 2 rings (SSSR count). The first-order chi connectivity index (χ1) is 15.1. The van der Waals surface area contributed by atoms with Crippen molar-refractivity contribution in [2.45, 2.75) is 51.1 Å². The van der Waals surface area contributed by atoms with Crippen LogP contribution in [0.3, 0.4) is 0 Å². The first-order valence-corrected chi connectivity index (χ1v) is 11.8. The Balaban J connectivity index is 0.000000348. The van der Waals surface area contributed by atoms with Crippen molar-refractivity contribution >= 4 is 0 Å². The average Bonchev–Trinajstić information content (AvgIpc) is 2.81. The van der Waals surface area contributed by atoms with Crippen LogP contribution in [0.1, 0.15) is 38.5 Å². The quantitative estimate of drug-likeness (QED) is 0.225. The molecule has 186 valence electrons. The molecule has 0 saturated carbocycles. The van der Waals surface area contributed by atoms with Gasteiger partial charge in [-0.2, -0.15) is 0 Å². The molecule has 10 nitrogen and oxygen atoms in total. The lowest BCUT2D eigenvalue weighted by atomic mass is 9.90. The van der Waals surface area contributed by atoms with Gasteiger partial charge >= 0.3 is 0 Å². The number of hydrogen-bond donors (Lipinski definition) is 5. The highest BCUT2D eigenvalue weighted by Gasteiger charge is 2.41. The molecule has 0 aromatic carbocycles. The summed E-state index contributed by atoms with van der Waals surface area (Å²) in [5.74, 6) is 0. The fourth-order valence-corrected chi connectivity index (χ4v) is 3.48. The number of ether oxygens (including phenoxy) is 4. The number of rotatable bonds is 14. The van der Waals surface area contributed by atoms with Gasteiger partial charge in [-0.1, -0.05) is 0 Å². The summed E-state index contributed by atoms with van der Waals surface area (Å²) >= 11 is 0. The molecule has 1 spiro atoms. The highest BCUT2D eigenvalue weighted by Crippen LogP contribution is 2.31. The van der Waals surface area contributed by atoms with E-state index in [-0.39, 0.29) is 18.0 Å². The molecule has 0 aromatic rings. The van der Waals surface area contributed by atoms with Gasteiger partial charge in [0.05, 0.1) is 31.8 Å². The third-order valence-corrected chi connectivity index (χ3v) is 5.39. The maximum Gasteiger partial charge on any atom is 0.157 e. The molecule has 0 atom stereocenters. The van der Waals surface area contributed by atoms with Crippen LogP contribution in [0.2, 0.25) is 0 Å². The SMILES string of the molecule is NCCCC1OCC2(CO1)COC(CCCN)OC2.NCCCN(CCN)CCCN. The molecule has 2 fully saturated rings. The maximum atomic E-state index is 5.73. The molecular weight excluding hydrogens is 400 g/mol. The summed E-state index contributed by atoms with van der Waals surface area (Å²) in [6.07, 6.45) is 5.40. The third-order valence-electron chi connectivity index (χ3n) is 5.39. The Hall–Kier alpha value is -0.400. The summed E-state index contributed by atoms with van der Waals surface area (Å²) in [4.78, 5) is 2.32. The van der Waals surface area contributed by atoms with Crippen molar-refractivity contribution < 1.29 is 18.9 Å². The van der Waals surface area contributed by atoms with E-state index in [0.29, 0.717) is 39.5 Å². The molecule has 0 amide bonds. The largest absolute Gasteiger partial charge is 0.352 e. The van der Waals surface area contributed by atoms with E-state index in [0.717, 1.165) is 77.8 Å². The summed E-state index contributed by atoms with van der Waals surface area (Å²) < 4.78 is 22.9. The maximum absolute atomic E-state index is 5.73. The zero-order chi connectivity index (χ0) is 22.8. The van der Waals surface area contributed by atoms with Crippen molar-refractivity contribution in [3.63, 3.8) is 0 Å². The van der Waals surface area contributed by atoms with E-state index in [2.05, 4.69) is 4.90 Å². The van der Waals surface area contributed by atoms with Crippen LogP contribution in [-0.2, 0) is 18.9 Å². The molecular formula is C21H48N6O4. The molecule has 2 aliphatic rings. The highest BCUT2D eigenvalue weighted by atomic mass is 16.7. The molecule has 0 radical (unpaired) electrons. The van der Waals surface area contributed by atoms with Crippen LogP contribution in [0.25, 0.3) is 0 Å². The number of nitrogens with zero attached hydrogens (tertiary/aromatic N) is 1. The van der Waals surface area contributed by atoms with Gasteiger partial charge in [-0.15, -0.1) is 0 Å². The van der Waals surface area contributed by atoms with Gasteiger partial charge in [0.1, 0.15) is 0 Å². The van der Waals surface area contributed by atoms with Gasteiger partial charge in [-0.25, -0.2) is 0 Å². The van der Waals surface area contributed by atoms with Crippen molar-refractivity contribution in [1.29, 1.82) is 0 Å². The minimum atomic E-state index is -0.140. The van der Waals surface area contributed by atoms with Gasteiger partial charge < -0.3 is 52.5 Å². The average molecular weight is 449 g/mol. The van der Waals surface area contributed by atoms with Crippen LogP contribution in [-0.4, -0.2) is 96.3 Å². The van der Waals surface area contributed by atoms with Crippen molar-refractivity contribution in [1.82, 2.24) is 4.90 Å². The van der Waals surface area contributed by atoms with Crippen LogP contribution in [0.4, 0.5) is 0 Å². The number of nitrogens with two attached hydrogens (primary N) is 5. The summed E-state index contributed by atoms with van der Waals surface area (Å²) in [7, 11) is 0. The molecule has 0 aromatic heterocycles. The first kappa shape index (κ1) is 28.6. The molecule has 2 heterocycles. The monoisotopic (exact) mass is 448 g/mol. The molecule has 0 bridgehead atoms. The Kier molecular flexibility index (Phi) is 16.7. The topological polar surface area (TPSA) is 170 Å². The van der Waals surface area contributed by atoms with E-state index < -0.39 is 0 Å². The molecule has 2 aliphatic heterocycles. The number of hydrogen-bond acceptors (Lipinski definition) is 10. The summed E-state index contributed by atoms with van der Waals surface area (Å²) in [6, 6.07) is 0. The van der Waals surface area contributed by atoms with Gasteiger partial charge in [0.15, 0.2) is 12.6 Å². The fourth-order valence-electron chi connectivity index (χ4n) is 3.48. The molecule has 31 heavy (non-hydrogen) atoms. The van der Waals surface area contributed by atoms with Gasteiger partial charge in [0.2, 0.25) is 0 Å². The lowest BCUT2D eigenvalue weighted by Gasteiger charge is -2.43. The Morgan fingerprint density at radius 2 is 0.935 bits per heavy atom. The van der Waals surface area contributed by atoms with Crippen molar-refractivity contribution in [2.75, 3.05) is 78.8 Å². The summed E-state index contributed by atoms with van der Waals surface area (Å²) in [5.41, 5.74) is 27.1. The molecule has 0 unspecified atom stereocenters. The zero-order valence-corrected chi connectivity index (χ0v) is 19.3. The molecule has 10 heteroatoms. The fraction of sp³-hybridized carbons (Fsp3) is 1.00. The minimum Gasteiger partial charge on any atom is -0.352 e. The van der Waals surface area contributed by atoms with Crippen molar-refractivity contribution in [3.05, 3.63) is 0 Å². The standard InChI is InChI=1S/C13H26N2O4.C8H22N4/c14-5-1-3-11-16-7-13(8-17-11)9-18-12(19-10-13)4-2-6-15;9-3-1-6-12(8-5-11)7-2-4-10/h11-12H,1-10,14-15H2;1-11H2. The Morgan fingerprint density at radius 1 is 0.548 bits per heavy atom.